The van der Waals surface area contributed by atoms with E-state index in [1.54, 1.807) is 24.3 Å². The second-order valence-electron chi connectivity index (χ2n) is 11.0. The molecule has 3 aromatic rings. The lowest BCUT2D eigenvalue weighted by molar-refractivity contribution is 0.0258. The Balaban J connectivity index is 1.57. The third-order valence-electron chi connectivity index (χ3n) is 8.51. The fourth-order valence-corrected chi connectivity index (χ4v) is 6.20. The van der Waals surface area contributed by atoms with Crippen molar-refractivity contribution in [3.05, 3.63) is 106 Å². The molecule has 2 fully saturated rings. The second-order valence-corrected chi connectivity index (χ2v) is 11.0. The van der Waals surface area contributed by atoms with Crippen molar-refractivity contribution in [2.45, 2.75) is 19.8 Å². The number of piperidine rings is 1. The number of likely N-dealkylation sites (tertiary alicyclic amines) is 1. The van der Waals surface area contributed by atoms with Gasteiger partial charge >= 0.3 is 0 Å². The van der Waals surface area contributed by atoms with Gasteiger partial charge in [0, 0.05) is 68.1 Å². The molecule has 2 aliphatic heterocycles. The predicted molar refractivity (Wildman–Crippen MR) is 151 cm³/mol. The summed E-state index contributed by atoms with van der Waals surface area (Å²) in [6.45, 7) is 9.47. The van der Waals surface area contributed by atoms with Gasteiger partial charge in [0.1, 0.15) is 11.6 Å². The first-order valence-corrected chi connectivity index (χ1v) is 14.0. The Morgan fingerprint density at radius 1 is 0.775 bits per heavy atom. The molecule has 3 aromatic carbocycles. The Morgan fingerprint density at radius 3 is 1.85 bits per heavy atom. The van der Waals surface area contributed by atoms with Gasteiger partial charge in [-0.05, 0) is 54.8 Å². The smallest absolute Gasteiger partial charge is 0.167 e. The standard InChI is InChI=1S/C33H36F2N2O3/c1-22-6-3-11-28(23(22)2)31-29(32(38)24-7-4-9-26(34)18-24)20-37(13-12-36-14-16-40-17-15-36)21-30(31)33(39)25-8-5-10-27(35)19-25/h3-11,18-19,29-31H,12-17,20-21H2,1-2H3/t29-,30+,31+. The number of benzene rings is 3. The molecule has 2 heterocycles. The number of morpholine rings is 1. The zero-order chi connectivity index (χ0) is 28.2. The average Bonchev–Trinajstić information content (AvgIpc) is 2.97. The molecule has 0 radical (unpaired) electrons. The highest BCUT2D eigenvalue weighted by atomic mass is 19.1. The fourth-order valence-electron chi connectivity index (χ4n) is 6.20. The van der Waals surface area contributed by atoms with Crippen molar-refractivity contribution in [3.63, 3.8) is 0 Å². The van der Waals surface area contributed by atoms with Crippen LogP contribution < -0.4 is 0 Å². The van der Waals surface area contributed by atoms with Crippen LogP contribution in [0.4, 0.5) is 8.78 Å². The van der Waals surface area contributed by atoms with Gasteiger partial charge < -0.3 is 9.64 Å². The van der Waals surface area contributed by atoms with Crippen molar-refractivity contribution in [1.29, 1.82) is 0 Å². The fraction of sp³-hybridized carbons (Fsp3) is 0.394. The minimum atomic E-state index is -0.580. The Kier molecular flexibility index (Phi) is 8.84. The van der Waals surface area contributed by atoms with Crippen LogP contribution in [-0.4, -0.2) is 73.8 Å². The van der Waals surface area contributed by atoms with E-state index in [-0.39, 0.29) is 11.6 Å². The van der Waals surface area contributed by atoms with Crippen LogP contribution in [0.15, 0.2) is 66.7 Å². The van der Waals surface area contributed by atoms with Gasteiger partial charge in [-0.1, -0.05) is 42.5 Å². The molecule has 5 nitrogen and oxygen atoms in total. The molecule has 0 bridgehead atoms. The molecule has 40 heavy (non-hydrogen) atoms. The molecule has 0 spiro atoms. The van der Waals surface area contributed by atoms with Gasteiger partial charge in [-0.15, -0.1) is 0 Å². The minimum absolute atomic E-state index is 0.182. The van der Waals surface area contributed by atoms with Crippen molar-refractivity contribution in [1.82, 2.24) is 9.80 Å². The van der Waals surface area contributed by atoms with Crippen molar-refractivity contribution in [2.24, 2.45) is 11.8 Å². The molecule has 2 aliphatic rings. The van der Waals surface area contributed by atoms with E-state index < -0.39 is 29.4 Å². The zero-order valence-electron chi connectivity index (χ0n) is 23.1. The predicted octanol–water partition coefficient (Wildman–Crippen LogP) is 5.31. The number of Topliss-reactive ketones (excluding diaryl/α,β-unsaturated/α-hetero) is 2. The monoisotopic (exact) mass is 546 g/mol. The second kappa shape index (κ2) is 12.5. The van der Waals surface area contributed by atoms with Crippen LogP contribution in [0, 0.1) is 37.3 Å². The summed E-state index contributed by atoms with van der Waals surface area (Å²) < 4.78 is 33.9. The lowest BCUT2D eigenvalue weighted by Crippen LogP contribution is -2.52. The van der Waals surface area contributed by atoms with Crippen LogP contribution in [0.1, 0.15) is 43.3 Å². The number of hydrogen-bond donors (Lipinski definition) is 0. The van der Waals surface area contributed by atoms with Crippen LogP contribution in [0.2, 0.25) is 0 Å². The summed E-state index contributed by atoms with van der Waals surface area (Å²) in [4.78, 5) is 32.8. The third kappa shape index (κ3) is 6.22. The molecule has 0 amide bonds. The molecule has 0 saturated carbocycles. The highest BCUT2D eigenvalue weighted by molar-refractivity contribution is 6.02. The van der Waals surface area contributed by atoms with E-state index in [1.165, 1.54) is 24.3 Å². The maximum absolute atomic E-state index is 14.2. The van der Waals surface area contributed by atoms with Gasteiger partial charge in [0.25, 0.3) is 0 Å². The van der Waals surface area contributed by atoms with E-state index in [4.69, 9.17) is 4.74 Å². The van der Waals surface area contributed by atoms with Crippen molar-refractivity contribution in [3.8, 4) is 0 Å². The molecular formula is C33H36F2N2O3. The van der Waals surface area contributed by atoms with E-state index in [2.05, 4.69) is 9.80 Å². The maximum Gasteiger partial charge on any atom is 0.167 e. The SMILES string of the molecule is Cc1cccc([C@@H]2[C@@H](C(=O)c3cccc(F)c3)CN(CCN3CCOCC3)C[C@H]2C(=O)c2cccc(F)c2)c1C. The summed E-state index contributed by atoms with van der Waals surface area (Å²) >= 11 is 0. The Morgan fingerprint density at radius 2 is 1.30 bits per heavy atom. The molecular weight excluding hydrogens is 510 g/mol. The summed E-state index contributed by atoms with van der Waals surface area (Å²) in [5, 5.41) is 0. The maximum atomic E-state index is 14.2. The van der Waals surface area contributed by atoms with Crippen molar-refractivity contribution in [2.75, 3.05) is 52.5 Å². The first-order valence-electron chi connectivity index (χ1n) is 14.0. The average molecular weight is 547 g/mol. The molecule has 7 heteroatoms. The van der Waals surface area contributed by atoms with E-state index in [0.29, 0.717) is 44.0 Å². The molecule has 2 saturated heterocycles. The minimum Gasteiger partial charge on any atom is -0.379 e. The van der Waals surface area contributed by atoms with Crippen LogP contribution in [-0.2, 0) is 4.74 Å². The van der Waals surface area contributed by atoms with Crippen molar-refractivity contribution < 1.29 is 23.1 Å². The van der Waals surface area contributed by atoms with Gasteiger partial charge in [0.15, 0.2) is 11.6 Å². The van der Waals surface area contributed by atoms with Gasteiger partial charge in [-0.3, -0.25) is 14.5 Å². The number of carbonyl (C=O) groups is 2. The summed E-state index contributed by atoms with van der Waals surface area (Å²) in [5.74, 6) is -2.90. The third-order valence-corrected chi connectivity index (χ3v) is 8.51. The molecule has 0 aromatic heterocycles. The number of carbonyl (C=O) groups excluding carboxylic acids is 2. The highest BCUT2D eigenvalue weighted by Crippen LogP contribution is 2.42. The normalized spacial score (nSPS) is 22.2. The van der Waals surface area contributed by atoms with Crippen LogP contribution in [0.25, 0.3) is 0 Å². The van der Waals surface area contributed by atoms with E-state index >= 15 is 0 Å². The number of rotatable bonds is 8. The number of aryl methyl sites for hydroxylation is 1. The number of ether oxygens (including phenoxy) is 1. The van der Waals surface area contributed by atoms with Crippen LogP contribution in [0.5, 0.6) is 0 Å². The van der Waals surface area contributed by atoms with Crippen LogP contribution >= 0.6 is 0 Å². The summed E-state index contributed by atoms with van der Waals surface area (Å²) in [5.41, 5.74) is 3.64. The number of hydrogen-bond acceptors (Lipinski definition) is 5. The Labute approximate surface area is 234 Å². The lowest BCUT2D eigenvalue weighted by atomic mass is 9.67. The lowest BCUT2D eigenvalue weighted by Gasteiger charge is -2.44. The summed E-state index contributed by atoms with van der Waals surface area (Å²) in [6, 6.07) is 17.5. The quantitative estimate of drug-likeness (QED) is 0.359. The van der Waals surface area contributed by atoms with E-state index in [0.717, 1.165) is 36.3 Å². The summed E-state index contributed by atoms with van der Waals surface area (Å²) in [7, 11) is 0. The van der Waals surface area contributed by atoms with Crippen molar-refractivity contribution >= 4 is 11.6 Å². The molecule has 5 rings (SSSR count). The molecule has 0 unspecified atom stereocenters. The largest absolute Gasteiger partial charge is 0.379 e. The van der Waals surface area contributed by atoms with Crippen LogP contribution in [0.3, 0.4) is 0 Å². The van der Waals surface area contributed by atoms with E-state index in [1.807, 2.05) is 32.0 Å². The Bertz CT molecular complexity index is 1300. The molecule has 0 aliphatic carbocycles. The van der Waals surface area contributed by atoms with Gasteiger partial charge in [0.2, 0.25) is 0 Å². The Hall–Kier alpha value is -3.26. The summed E-state index contributed by atoms with van der Waals surface area (Å²) in [6.07, 6.45) is 0. The molecule has 3 atom stereocenters. The zero-order valence-corrected chi connectivity index (χ0v) is 23.1. The molecule has 0 N–H and O–H groups in total. The van der Waals surface area contributed by atoms with Gasteiger partial charge in [-0.2, -0.15) is 0 Å². The highest BCUT2D eigenvalue weighted by Gasteiger charge is 2.45. The van der Waals surface area contributed by atoms with Gasteiger partial charge in [0.05, 0.1) is 13.2 Å². The first kappa shape index (κ1) is 28.3. The number of ketones is 2. The van der Waals surface area contributed by atoms with E-state index in [9.17, 15) is 18.4 Å². The van der Waals surface area contributed by atoms with Gasteiger partial charge in [-0.25, -0.2) is 8.78 Å². The number of nitrogens with zero attached hydrogens (tertiary/aromatic N) is 2. The number of halogens is 2. The topological polar surface area (TPSA) is 49.9 Å². The first-order chi connectivity index (χ1) is 19.3. The molecule has 210 valence electrons.